The molecule has 0 saturated heterocycles. The van der Waals surface area contributed by atoms with Crippen molar-refractivity contribution in [1.29, 1.82) is 0 Å². The number of fused-ring (bicyclic) bond motifs is 2. The van der Waals surface area contributed by atoms with Gasteiger partial charge in [0, 0.05) is 5.56 Å². The summed E-state index contributed by atoms with van der Waals surface area (Å²) in [7, 11) is 0. The van der Waals surface area contributed by atoms with Crippen molar-refractivity contribution >= 4 is 29.5 Å². The molecule has 1 aromatic carbocycles. The first-order valence-electron chi connectivity index (χ1n) is 6.77. The molecule has 0 unspecified atom stereocenters. The Morgan fingerprint density at radius 1 is 1.41 bits per heavy atom. The molecule has 5 nitrogen and oxygen atoms in total. The van der Waals surface area contributed by atoms with Gasteiger partial charge in [-0.05, 0) is 31.1 Å². The number of aryl methyl sites for hydroxylation is 1. The molecule has 22 heavy (non-hydrogen) atoms. The molecule has 110 valence electrons. The number of halogens is 2. The van der Waals surface area contributed by atoms with E-state index in [9.17, 15) is 9.18 Å². The van der Waals surface area contributed by atoms with Crippen LogP contribution in [0.4, 0.5) is 4.39 Å². The number of benzene rings is 1. The Balaban J connectivity index is 2.08. The van der Waals surface area contributed by atoms with E-state index in [0.29, 0.717) is 5.78 Å². The second-order valence-corrected chi connectivity index (χ2v) is 5.45. The van der Waals surface area contributed by atoms with Gasteiger partial charge in [0.05, 0.1) is 16.1 Å². The van der Waals surface area contributed by atoms with Crippen molar-refractivity contribution < 1.29 is 4.39 Å². The van der Waals surface area contributed by atoms with Crippen LogP contribution in [-0.2, 0) is 6.42 Å². The number of H-pyrrole nitrogens is 1. The fraction of sp³-hybridized carbons (Fsp3) is 0.133. The SMILES string of the molecule is O=c1[nH]c2nc3c(nn2/c1=C/c1c(F)cccc1Cl)CCC=3. The predicted molar refractivity (Wildman–Crippen MR) is 80.6 cm³/mol. The molecule has 0 fully saturated rings. The lowest BCUT2D eigenvalue weighted by Crippen LogP contribution is -2.29. The molecule has 3 aromatic rings. The smallest absolute Gasteiger partial charge is 0.276 e. The van der Waals surface area contributed by atoms with Crippen LogP contribution in [0.15, 0.2) is 23.0 Å². The van der Waals surface area contributed by atoms with E-state index in [1.54, 1.807) is 6.07 Å². The summed E-state index contributed by atoms with van der Waals surface area (Å²) >= 11 is 6.01. The van der Waals surface area contributed by atoms with Crippen LogP contribution in [0.3, 0.4) is 0 Å². The standard InChI is InChI=1S/C15H10ClFN4O/c16-9-3-1-4-10(17)8(9)7-13-14(22)19-15-18-11-5-2-6-12(11)20-21(13)15/h1,3-5,7H,2,6H2,(H,18,19,22)/b13-7+. The summed E-state index contributed by atoms with van der Waals surface area (Å²) < 4.78 is 15.3. The lowest BCUT2D eigenvalue weighted by Gasteiger charge is -1.99. The highest BCUT2D eigenvalue weighted by Gasteiger charge is 2.12. The number of rotatable bonds is 1. The molecular formula is C15H10ClFN4O. The summed E-state index contributed by atoms with van der Waals surface area (Å²) in [5.74, 6) is -0.162. The molecular weight excluding hydrogens is 307 g/mol. The topological polar surface area (TPSA) is 63.0 Å². The molecule has 0 atom stereocenters. The first-order valence-corrected chi connectivity index (χ1v) is 7.15. The first-order chi connectivity index (χ1) is 10.6. The van der Waals surface area contributed by atoms with E-state index in [1.807, 2.05) is 6.08 Å². The number of aromatic nitrogens is 4. The van der Waals surface area contributed by atoms with Gasteiger partial charge < -0.3 is 0 Å². The van der Waals surface area contributed by atoms with Gasteiger partial charge in [-0.25, -0.2) is 9.37 Å². The molecule has 2 aromatic heterocycles. The van der Waals surface area contributed by atoms with Crippen LogP contribution < -0.4 is 16.3 Å². The maximum Gasteiger partial charge on any atom is 0.276 e. The minimum absolute atomic E-state index is 0.156. The Morgan fingerprint density at radius 2 is 2.27 bits per heavy atom. The predicted octanol–water partition coefficient (Wildman–Crippen LogP) is 0.766. The maximum absolute atomic E-state index is 13.9. The van der Waals surface area contributed by atoms with Crippen LogP contribution in [0.25, 0.3) is 17.9 Å². The van der Waals surface area contributed by atoms with Crippen LogP contribution in [0.2, 0.25) is 5.02 Å². The lowest BCUT2D eigenvalue weighted by atomic mass is 10.2. The Bertz CT molecular complexity index is 1060. The number of imidazole rings is 1. The van der Waals surface area contributed by atoms with Crippen molar-refractivity contribution in [1.82, 2.24) is 19.6 Å². The summed E-state index contributed by atoms with van der Waals surface area (Å²) in [5.41, 5.74) is 0.595. The largest absolute Gasteiger partial charge is 0.289 e. The van der Waals surface area contributed by atoms with Gasteiger partial charge in [0.15, 0.2) is 0 Å². The van der Waals surface area contributed by atoms with Crippen LogP contribution >= 0.6 is 11.6 Å². The molecule has 1 aliphatic carbocycles. The molecule has 7 heteroatoms. The highest BCUT2D eigenvalue weighted by molar-refractivity contribution is 6.32. The van der Waals surface area contributed by atoms with E-state index in [1.165, 1.54) is 22.7 Å². The molecule has 0 radical (unpaired) electrons. The Morgan fingerprint density at radius 3 is 3.09 bits per heavy atom. The number of hydrogen-bond donors (Lipinski definition) is 1. The van der Waals surface area contributed by atoms with Crippen LogP contribution in [0.1, 0.15) is 17.7 Å². The molecule has 0 bridgehead atoms. The van der Waals surface area contributed by atoms with Crippen molar-refractivity contribution in [2.75, 3.05) is 0 Å². The van der Waals surface area contributed by atoms with Gasteiger partial charge in [-0.1, -0.05) is 23.7 Å². The second-order valence-electron chi connectivity index (χ2n) is 5.04. The Labute approximate surface area is 128 Å². The molecule has 1 aliphatic rings. The van der Waals surface area contributed by atoms with Crippen molar-refractivity contribution in [2.24, 2.45) is 0 Å². The summed E-state index contributed by atoms with van der Waals surface area (Å²) in [4.78, 5) is 19.1. The quantitative estimate of drug-likeness (QED) is 0.721. The van der Waals surface area contributed by atoms with Crippen LogP contribution in [-0.4, -0.2) is 19.6 Å². The fourth-order valence-corrected chi connectivity index (χ4v) is 2.77. The minimum Gasteiger partial charge on any atom is -0.289 e. The van der Waals surface area contributed by atoms with E-state index in [4.69, 9.17) is 11.6 Å². The van der Waals surface area contributed by atoms with E-state index in [2.05, 4.69) is 15.1 Å². The fourth-order valence-electron chi connectivity index (χ4n) is 2.56. The molecule has 2 heterocycles. The van der Waals surface area contributed by atoms with E-state index in [-0.39, 0.29) is 21.5 Å². The van der Waals surface area contributed by atoms with Crippen molar-refractivity contribution in [3.63, 3.8) is 0 Å². The highest BCUT2D eigenvalue weighted by Crippen LogP contribution is 2.19. The first kappa shape index (κ1) is 13.2. The average Bonchev–Trinajstić information content (AvgIpc) is 3.04. The zero-order valence-electron chi connectivity index (χ0n) is 11.3. The maximum atomic E-state index is 13.9. The van der Waals surface area contributed by atoms with Crippen LogP contribution in [0.5, 0.6) is 0 Å². The van der Waals surface area contributed by atoms with Gasteiger partial charge in [-0.15, -0.1) is 0 Å². The second kappa shape index (κ2) is 4.78. The van der Waals surface area contributed by atoms with E-state index >= 15 is 0 Å². The molecule has 0 amide bonds. The zero-order valence-corrected chi connectivity index (χ0v) is 12.1. The van der Waals surface area contributed by atoms with Crippen molar-refractivity contribution in [2.45, 2.75) is 12.8 Å². The Hall–Kier alpha value is -2.47. The zero-order chi connectivity index (χ0) is 15.3. The minimum atomic E-state index is -0.496. The van der Waals surface area contributed by atoms with Crippen molar-refractivity contribution in [3.8, 4) is 0 Å². The van der Waals surface area contributed by atoms with Crippen LogP contribution in [0, 0.1) is 5.82 Å². The number of hydrogen-bond acceptors (Lipinski definition) is 3. The summed E-state index contributed by atoms with van der Waals surface area (Å²) in [6, 6.07) is 4.37. The number of nitrogens with zero attached hydrogens (tertiary/aromatic N) is 3. The summed E-state index contributed by atoms with van der Waals surface area (Å²) in [5, 5.41) is 5.65. The Kier molecular flexibility index (Phi) is 2.87. The van der Waals surface area contributed by atoms with Gasteiger partial charge in [-0.2, -0.15) is 9.61 Å². The van der Waals surface area contributed by atoms with E-state index < -0.39 is 5.82 Å². The summed E-state index contributed by atoms with van der Waals surface area (Å²) in [6.07, 6.45) is 5.03. The third-order valence-electron chi connectivity index (χ3n) is 3.63. The third-order valence-corrected chi connectivity index (χ3v) is 3.96. The lowest BCUT2D eigenvalue weighted by molar-refractivity contribution is 0.625. The molecule has 4 rings (SSSR count). The van der Waals surface area contributed by atoms with E-state index in [0.717, 1.165) is 23.9 Å². The van der Waals surface area contributed by atoms with Gasteiger partial charge in [0.1, 0.15) is 11.2 Å². The molecule has 0 spiro atoms. The highest BCUT2D eigenvalue weighted by atomic mass is 35.5. The van der Waals surface area contributed by atoms with Gasteiger partial charge >= 0.3 is 0 Å². The third kappa shape index (κ3) is 1.95. The van der Waals surface area contributed by atoms with Gasteiger partial charge in [0.25, 0.3) is 5.56 Å². The normalized spacial score (nSPS) is 14.4. The molecule has 1 N–H and O–H groups in total. The van der Waals surface area contributed by atoms with Gasteiger partial charge in [0.2, 0.25) is 5.78 Å². The number of nitrogens with one attached hydrogen (secondary N) is 1. The van der Waals surface area contributed by atoms with Gasteiger partial charge in [-0.3, -0.25) is 9.78 Å². The summed E-state index contributed by atoms with van der Waals surface area (Å²) in [6.45, 7) is 0. The van der Waals surface area contributed by atoms with Crippen molar-refractivity contribution in [3.05, 3.63) is 61.3 Å². The molecule has 0 aliphatic heterocycles. The number of aromatic amines is 1. The monoisotopic (exact) mass is 316 g/mol. The molecule has 0 saturated carbocycles. The average molecular weight is 317 g/mol.